The largest absolute Gasteiger partial charge is 0.457 e. The first-order chi connectivity index (χ1) is 27.1. The molecule has 0 aliphatic carbocycles. The number of piperidine rings is 1. The molecule has 4 N–H and O–H groups in total. The SMILES string of the molecule is Cc1cc(NC(=O)Nc2ccc(Oc3ccnc(C(=O)NCCOCCOCCCc4cccc5c4C(=O)N(C4CCC(=O)NC4=O)C5=O)c3)cc2)ccc1Cl. The van der Waals surface area contributed by atoms with Crippen LogP contribution >= 0.6 is 11.6 Å². The van der Waals surface area contributed by atoms with Gasteiger partial charge in [-0.1, -0.05) is 23.7 Å². The highest BCUT2D eigenvalue weighted by atomic mass is 35.5. The lowest BCUT2D eigenvalue weighted by Crippen LogP contribution is -2.54. The molecule has 2 aliphatic rings. The Hall–Kier alpha value is -6.16. The number of ether oxygens (including phenoxy) is 3. The Balaban J connectivity index is 0.852. The predicted molar refractivity (Wildman–Crippen MR) is 205 cm³/mol. The third-order valence-corrected chi connectivity index (χ3v) is 9.34. The van der Waals surface area contributed by atoms with Crippen LogP contribution in [0.15, 0.2) is 79.0 Å². The predicted octanol–water partition coefficient (Wildman–Crippen LogP) is 5.28. The molecule has 1 aromatic heterocycles. The molecule has 3 aromatic carbocycles. The molecule has 2 aliphatic heterocycles. The van der Waals surface area contributed by atoms with E-state index in [1.54, 1.807) is 66.7 Å². The zero-order chi connectivity index (χ0) is 39.6. The van der Waals surface area contributed by atoms with Crippen LogP contribution in [0.2, 0.25) is 5.02 Å². The van der Waals surface area contributed by atoms with Crippen LogP contribution in [-0.4, -0.2) is 84.5 Å². The summed E-state index contributed by atoms with van der Waals surface area (Å²) in [5.74, 6) is -1.63. The standard InChI is InChI=1S/C40H39ClN6O9/c1-24-22-27(9-12-31(24)41)45-40(53)44-26-7-10-28(11-8-26)56-29-15-16-42-32(23-29)36(49)43-17-19-55-21-20-54-18-3-5-25-4-2-6-30-35(25)39(52)47(38(30)51)33-13-14-34(48)46-37(33)50/h2,4,6-12,15-16,22-23,33H,3,5,13-14,17-21H2,1H3,(H,43,49)(H2,44,45,53)(H,46,48,50). The molecule has 1 fully saturated rings. The van der Waals surface area contributed by atoms with Crippen LogP contribution in [0.4, 0.5) is 16.2 Å². The van der Waals surface area contributed by atoms with E-state index in [0.29, 0.717) is 66.1 Å². The van der Waals surface area contributed by atoms with E-state index in [4.69, 9.17) is 25.8 Å². The number of rotatable bonds is 16. The minimum absolute atomic E-state index is 0.0595. The Bertz CT molecular complexity index is 2150. The molecule has 1 atom stereocenters. The van der Waals surface area contributed by atoms with E-state index in [2.05, 4.69) is 26.3 Å². The number of nitrogens with one attached hydrogen (secondary N) is 4. The van der Waals surface area contributed by atoms with Gasteiger partial charge in [0.15, 0.2) is 0 Å². The first-order valence-electron chi connectivity index (χ1n) is 17.9. The van der Waals surface area contributed by atoms with E-state index in [9.17, 15) is 28.8 Å². The van der Waals surface area contributed by atoms with Crippen molar-refractivity contribution >= 4 is 58.5 Å². The van der Waals surface area contributed by atoms with Crippen molar-refractivity contribution in [2.45, 2.75) is 38.6 Å². The number of fused-ring (bicyclic) bond motifs is 1. The van der Waals surface area contributed by atoms with Gasteiger partial charge >= 0.3 is 6.03 Å². The summed E-state index contributed by atoms with van der Waals surface area (Å²) in [7, 11) is 0. The lowest BCUT2D eigenvalue weighted by atomic mass is 9.99. The molecule has 56 heavy (non-hydrogen) atoms. The molecular formula is C40H39ClN6O9. The number of aromatic nitrogens is 1. The number of hydrogen-bond acceptors (Lipinski definition) is 10. The van der Waals surface area contributed by atoms with Crippen molar-refractivity contribution in [3.63, 3.8) is 0 Å². The molecule has 16 heteroatoms. The van der Waals surface area contributed by atoms with Gasteiger partial charge in [0.2, 0.25) is 11.8 Å². The van der Waals surface area contributed by atoms with E-state index in [0.717, 1.165) is 10.5 Å². The molecule has 1 unspecified atom stereocenters. The Labute approximate surface area is 327 Å². The van der Waals surface area contributed by atoms with Crippen molar-refractivity contribution < 1.29 is 43.0 Å². The average Bonchev–Trinajstić information content (AvgIpc) is 3.43. The maximum absolute atomic E-state index is 13.2. The molecule has 4 aromatic rings. The van der Waals surface area contributed by atoms with Crippen molar-refractivity contribution in [2.24, 2.45) is 0 Å². The number of urea groups is 1. The van der Waals surface area contributed by atoms with Crippen LogP contribution in [-0.2, 0) is 25.5 Å². The molecule has 1 saturated heterocycles. The topological polar surface area (TPSA) is 194 Å². The van der Waals surface area contributed by atoms with Gasteiger partial charge < -0.3 is 30.2 Å². The number of amides is 7. The first-order valence-corrected chi connectivity index (χ1v) is 18.3. The maximum atomic E-state index is 13.2. The fourth-order valence-corrected chi connectivity index (χ4v) is 6.28. The second-order valence-corrected chi connectivity index (χ2v) is 13.3. The summed E-state index contributed by atoms with van der Waals surface area (Å²) in [6.07, 6.45) is 2.69. The monoisotopic (exact) mass is 782 g/mol. The number of hydrogen-bond donors (Lipinski definition) is 4. The number of imide groups is 2. The molecule has 0 spiro atoms. The van der Waals surface area contributed by atoms with E-state index < -0.39 is 41.6 Å². The van der Waals surface area contributed by atoms with Crippen molar-refractivity contribution in [3.05, 3.63) is 112 Å². The number of aryl methyl sites for hydroxylation is 2. The molecule has 0 bridgehead atoms. The van der Waals surface area contributed by atoms with E-state index in [1.165, 1.54) is 12.3 Å². The summed E-state index contributed by atoms with van der Waals surface area (Å²) in [6, 6.07) is 18.7. The van der Waals surface area contributed by atoms with Crippen LogP contribution in [0.3, 0.4) is 0 Å². The Morgan fingerprint density at radius 1 is 0.875 bits per heavy atom. The summed E-state index contributed by atoms with van der Waals surface area (Å²) < 4.78 is 17.1. The molecular weight excluding hydrogens is 744 g/mol. The minimum atomic E-state index is -1.01. The summed E-state index contributed by atoms with van der Waals surface area (Å²) in [5.41, 5.74) is 3.40. The maximum Gasteiger partial charge on any atom is 0.323 e. The summed E-state index contributed by atoms with van der Waals surface area (Å²) in [6.45, 7) is 3.34. The third kappa shape index (κ3) is 9.92. The number of nitrogens with zero attached hydrogens (tertiary/aromatic N) is 2. The normalized spacial score (nSPS) is 15.0. The van der Waals surface area contributed by atoms with Crippen molar-refractivity contribution in [3.8, 4) is 11.5 Å². The van der Waals surface area contributed by atoms with Gasteiger partial charge in [-0.15, -0.1) is 0 Å². The lowest BCUT2D eigenvalue weighted by Gasteiger charge is -2.27. The highest BCUT2D eigenvalue weighted by molar-refractivity contribution is 6.31. The lowest BCUT2D eigenvalue weighted by molar-refractivity contribution is -0.136. The van der Waals surface area contributed by atoms with Crippen LogP contribution in [0.1, 0.15) is 61.6 Å². The van der Waals surface area contributed by atoms with Crippen molar-refractivity contribution in [2.75, 3.05) is 43.6 Å². The van der Waals surface area contributed by atoms with Crippen LogP contribution < -0.4 is 26.0 Å². The Kier molecular flexibility index (Phi) is 13.0. The summed E-state index contributed by atoms with van der Waals surface area (Å²) in [5, 5.41) is 11.1. The highest BCUT2D eigenvalue weighted by Gasteiger charge is 2.45. The van der Waals surface area contributed by atoms with E-state index in [1.807, 2.05) is 6.92 Å². The molecule has 7 amide bonds. The summed E-state index contributed by atoms with van der Waals surface area (Å²) >= 11 is 6.05. The smallest absolute Gasteiger partial charge is 0.323 e. The number of halogens is 1. The zero-order valence-electron chi connectivity index (χ0n) is 30.4. The molecule has 15 nitrogen and oxygen atoms in total. The molecule has 3 heterocycles. The number of anilines is 2. The highest BCUT2D eigenvalue weighted by Crippen LogP contribution is 2.31. The van der Waals surface area contributed by atoms with Gasteiger partial charge in [-0.05, 0) is 91.9 Å². The van der Waals surface area contributed by atoms with Crippen LogP contribution in [0, 0.1) is 6.92 Å². The minimum Gasteiger partial charge on any atom is -0.457 e. The van der Waals surface area contributed by atoms with Gasteiger partial charge in [0.25, 0.3) is 17.7 Å². The van der Waals surface area contributed by atoms with Gasteiger partial charge in [-0.3, -0.25) is 39.2 Å². The number of pyridine rings is 1. The third-order valence-electron chi connectivity index (χ3n) is 8.92. The van der Waals surface area contributed by atoms with Crippen LogP contribution in [0.5, 0.6) is 11.5 Å². The van der Waals surface area contributed by atoms with Crippen LogP contribution in [0.25, 0.3) is 0 Å². The van der Waals surface area contributed by atoms with Crippen molar-refractivity contribution in [1.82, 2.24) is 20.5 Å². The second-order valence-electron chi connectivity index (χ2n) is 12.9. The molecule has 0 saturated carbocycles. The van der Waals surface area contributed by atoms with Gasteiger partial charge in [-0.25, -0.2) is 4.79 Å². The van der Waals surface area contributed by atoms with Gasteiger partial charge in [0, 0.05) is 48.2 Å². The van der Waals surface area contributed by atoms with Gasteiger partial charge in [0.05, 0.1) is 30.9 Å². The fourth-order valence-electron chi connectivity index (χ4n) is 6.16. The number of carbonyl (C=O) groups is 6. The zero-order valence-corrected chi connectivity index (χ0v) is 31.1. The Morgan fingerprint density at radius 2 is 1.62 bits per heavy atom. The van der Waals surface area contributed by atoms with E-state index >= 15 is 0 Å². The number of carbonyl (C=O) groups excluding carboxylic acids is 6. The first kappa shape index (κ1) is 39.5. The molecule has 0 radical (unpaired) electrons. The Morgan fingerprint density at radius 3 is 2.39 bits per heavy atom. The van der Waals surface area contributed by atoms with Gasteiger partial charge in [0.1, 0.15) is 23.2 Å². The fraction of sp³-hybridized carbons (Fsp3) is 0.275. The molecule has 6 rings (SSSR count). The second kappa shape index (κ2) is 18.4. The molecule has 290 valence electrons. The quantitative estimate of drug-likeness (QED) is 0.0859. The van der Waals surface area contributed by atoms with Gasteiger partial charge in [-0.2, -0.15) is 0 Å². The van der Waals surface area contributed by atoms with Crippen molar-refractivity contribution in [1.29, 1.82) is 0 Å². The number of benzene rings is 3. The average molecular weight is 783 g/mol. The summed E-state index contributed by atoms with van der Waals surface area (Å²) in [4.78, 5) is 80.3. The van der Waals surface area contributed by atoms with E-state index in [-0.39, 0.29) is 42.8 Å².